The zero-order valence-electron chi connectivity index (χ0n) is 69.5. The number of carbonyl (C=O) groups excluding carboxylic acids is 4. The van der Waals surface area contributed by atoms with Crippen molar-refractivity contribution < 1.29 is 80.2 Å². The van der Waals surface area contributed by atoms with Crippen molar-refractivity contribution in [1.29, 1.82) is 0 Å². The van der Waals surface area contributed by atoms with E-state index in [1.165, 1.54) is 38.5 Å². The summed E-state index contributed by atoms with van der Waals surface area (Å²) in [5.74, 6) is -2.40. The topological polar surface area (TPSA) is 237 Å². The zero-order valence-corrected chi connectivity index (χ0v) is 71.3. The summed E-state index contributed by atoms with van der Waals surface area (Å²) in [6.45, 7) is 4.41. The van der Waals surface area contributed by atoms with Crippen LogP contribution in [0.25, 0.3) is 0 Å². The van der Waals surface area contributed by atoms with Gasteiger partial charge in [0, 0.05) is 19.3 Å². The van der Waals surface area contributed by atoms with Crippen LogP contribution < -0.4 is 0 Å². The first-order chi connectivity index (χ1) is 54.7. The van der Waals surface area contributed by atoms with Crippen LogP contribution in [0.5, 0.6) is 0 Å². The van der Waals surface area contributed by atoms with E-state index in [4.69, 9.17) is 37.0 Å². The predicted molar refractivity (Wildman–Crippen MR) is 463 cm³/mol. The van der Waals surface area contributed by atoms with Crippen molar-refractivity contribution in [2.45, 2.75) is 329 Å². The quantitative estimate of drug-likeness (QED) is 0.0169. The average molecular weight is 1600 g/mol. The van der Waals surface area contributed by atoms with E-state index >= 15 is 0 Å². The van der Waals surface area contributed by atoms with Crippen LogP contribution in [0.15, 0.2) is 194 Å². The second-order valence-corrected chi connectivity index (χ2v) is 30.6. The van der Waals surface area contributed by atoms with Crippen LogP contribution in [-0.2, 0) is 65.4 Å². The molecule has 0 aliphatic carbocycles. The largest absolute Gasteiger partial charge is 0.472 e. The van der Waals surface area contributed by atoms with Crippen LogP contribution in [0.3, 0.4) is 0 Å². The van der Waals surface area contributed by atoms with Gasteiger partial charge in [0.05, 0.1) is 32.8 Å². The zero-order chi connectivity index (χ0) is 81.7. The molecule has 0 spiro atoms. The summed E-state index contributed by atoms with van der Waals surface area (Å²) < 4.78 is 68.6. The first kappa shape index (κ1) is 106. The maximum atomic E-state index is 13.1. The Balaban J connectivity index is 5.51. The van der Waals surface area contributed by atoms with Crippen LogP contribution >= 0.6 is 15.6 Å². The van der Waals surface area contributed by atoms with E-state index in [0.29, 0.717) is 25.7 Å². The molecule has 0 radical (unpaired) electrons. The Morgan fingerprint density at radius 3 is 0.804 bits per heavy atom. The number of phosphoric ester groups is 2. The van der Waals surface area contributed by atoms with Gasteiger partial charge in [0.1, 0.15) is 19.3 Å². The second kappa shape index (κ2) is 82.9. The van der Waals surface area contributed by atoms with Gasteiger partial charge in [0.25, 0.3) is 0 Å². The Hall–Kier alpha value is -6.10. The smallest absolute Gasteiger partial charge is 0.462 e. The summed E-state index contributed by atoms with van der Waals surface area (Å²) in [6.07, 6.45) is 103. The molecule has 0 saturated heterocycles. The van der Waals surface area contributed by atoms with E-state index in [9.17, 15) is 43.2 Å². The van der Waals surface area contributed by atoms with Gasteiger partial charge < -0.3 is 33.8 Å². The molecule has 3 N–H and O–H groups in total. The number of carbonyl (C=O) groups is 4. The van der Waals surface area contributed by atoms with Crippen molar-refractivity contribution in [3.05, 3.63) is 194 Å². The lowest BCUT2D eigenvalue weighted by atomic mass is 10.1. The lowest BCUT2D eigenvalue weighted by Gasteiger charge is -2.21. The normalized spacial score (nSPS) is 14.7. The van der Waals surface area contributed by atoms with Crippen molar-refractivity contribution in [3.8, 4) is 0 Å². The van der Waals surface area contributed by atoms with Gasteiger partial charge in [-0.3, -0.25) is 37.3 Å². The molecule has 0 aliphatic heterocycles. The summed E-state index contributed by atoms with van der Waals surface area (Å²) in [6, 6.07) is 0. The third-order valence-corrected chi connectivity index (χ3v) is 19.0. The highest BCUT2D eigenvalue weighted by atomic mass is 31.2. The summed E-state index contributed by atoms with van der Waals surface area (Å²) in [4.78, 5) is 73.2. The highest BCUT2D eigenvalue weighted by Gasteiger charge is 2.30. The fourth-order valence-corrected chi connectivity index (χ4v) is 12.2. The number of allylic oxidation sites excluding steroid dienone is 31. The Morgan fingerprint density at radius 2 is 0.500 bits per heavy atom. The van der Waals surface area contributed by atoms with Crippen molar-refractivity contribution >= 4 is 39.5 Å². The van der Waals surface area contributed by atoms with E-state index in [2.05, 4.69) is 198 Å². The third-order valence-electron chi connectivity index (χ3n) is 17.1. The Bertz CT molecular complexity index is 2890. The molecule has 5 atom stereocenters. The summed E-state index contributed by atoms with van der Waals surface area (Å²) >= 11 is 0. The second-order valence-electron chi connectivity index (χ2n) is 27.7. The Morgan fingerprint density at radius 1 is 0.268 bits per heavy atom. The summed E-state index contributed by atoms with van der Waals surface area (Å²) in [5, 5.41) is 10.7. The number of esters is 4. The highest BCUT2D eigenvalue weighted by Crippen LogP contribution is 2.45. The number of hydrogen-bond acceptors (Lipinski definition) is 15. The van der Waals surface area contributed by atoms with Crippen LogP contribution in [0.1, 0.15) is 310 Å². The Kier molecular flexibility index (Phi) is 78.4. The molecule has 0 aromatic rings. The number of unbranched alkanes of at least 4 members (excludes halogenated alkanes) is 21. The molecule has 0 aromatic heterocycles. The molecule has 0 rings (SSSR count). The van der Waals surface area contributed by atoms with Gasteiger partial charge in [-0.15, -0.1) is 0 Å². The van der Waals surface area contributed by atoms with Crippen LogP contribution in [0, 0.1) is 0 Å². The van der Waals surface area contributed by atoms with Gasteiger partial charge >= 0.3 is 39.5 Å². The lowest BCUT2D eigenvalue weighted by Crippen LogP contribution is -2.30. The molecule has 5 unspecified atom stereocenters. The molecule has 19 heteroatoms. The maximum absolute atomic E-state index is 13.1. The Labute approximate surface area is 678 Å². The van der Waals surface area contributed by atoms with E-state index in [-0.39, 0.29) is 25.7 Å². The first-order valence-electron chi connectivity index (χ1n) is 42.7. The molecule has 0 saturated carbocycles. The molecule has 112 heavy (non-hydrogen) atoms. The van der Waals surface area contributed by atoms with Crippen LogP contribution in [0.4, 0.5) is 0 Å². The summed E-state index contributed by atoms with van der Waals surface area (Å²) in [7, 11) is -10.0. The minimum atomic E-state index is -5.02. The van der Waals surface area contributed by atoms with Crippen molar-refractivity contribution in [2.24, 2.45) is 0 Å². The minimum absolute atomic E-state index is 0.0623. The molecule has 0 bridgehead atoms. The number of rotatable bonds is 78. The monoisotopic (exact) mass is 1600 g/mol. The van der Waals surface area contributed by atoms with E-state index < -0.39 is 97.5 Å². The van der Waals surface area contributed by atoms with Gasteiger partial charge in [-0.1, -0.05) is 306 Å². The van der Waals surface area contributed by atoms with E-state index in [1.54, 1.807) is 12.2 Å². The van der Waals surface area contributed by atoms with Gasteiger partial charge in [-0.2, -0.15) is 0 Å². The molecular formula is C93H150O17P2. The molecule has 0 aromatic carbocycles. The van der Waals surface area contributed by atoms with Gasteiger partial charge in [-0.25, -0.2) is 9.13 Å². The number of hydrogen-bond donors (Lipinski definition) is 3. The van der Waals surface area contributed by atoms with Crippen molar-refractivity contribution in [3.63, 3.8) is 0 Å². The standard InChI is InChI=1S/C93H150O17P2/c1-5-9-13-17-21-25-29-33-37-40-43-46-50-53-57-61-65-69-73-77-90(95)103-83-88(109-92(97)79-75-71-67-63-59-55-49-36-32-28-24-20-16-12-8-4)85-107-111(99,100)105-81-87(94)82-106-112(101,102)108-86-89(110-93(98)80-76-72-68-64-60-56-52-48-45-42-39-35-31-27-23-19-15-11-7-3)84-104-91(96)78-74-70-66-62-58-54-51-47-44-41-38-34-30-26-22-18-14-10-6-2/h10,12,14,16,21-28,33-39,43-49,54,58-59,63,71,75,87-89,94H,5-9,11,13,15,17-20,29-32,40-42,50-53,55-57,60-62,64-70,72-74,76-86H2,1-4H3,(H,99,100)(H,101,102)/b14-10-,16-12-,25-21-,26-22-,27-23-,28-24-,37-33-,38-34-,39-35-,46-43-,47-44-,48-45-,49-36-,58-54-,63-59-,75-71-. The van der Waals surface area contributed by atoms with E-state index in [1.807, 2.05) is 12.2 Å². The molecular weight excluding hydrogens is 1450 g/mol. The summed E-state index contributed by atoms with van der Waals surface area (Å²) in [5.41, 5.74) is 0. The van der Waals surface area contributed by atoms with Crippen molar-refractivity contribution in [1.82, 2.24) is 0 Å². The first-order valence-corrected chi connectivity index (χ1v) is 45.7. The van der Waals surface area contributed by atoms with Crippen LogP contribution in [0.2, 0.25) is 0 Å². The lowest BCUT2D eigenvalue weighted by molar-refractivity contribution is -0.161. The fourth-order valence-electron chi connectivity index (χ4n) is 10.6. The number of aliphatic hydroxyl groups excluding tert-OH is 1. The maximum Gasteiger partial charge on any atom is 0.472 e. The number of phosphoric acid groups is 2. The molecule has 634 valence electrons. The number of ether oxygens (including phenoxy) is 4. The third kappa shape index (κ3) is 81.9. The minimum Gasteiger partial charge on any atom is -0.462 e. The van der Waals surface area contributed by atoms with E-state index in [0.717, 1.165) is 193 Å². The molecule has 0 heterocycles. The highest BCUT2D eigenvalue weighted by molar-refractivity contribution is 7.47. The molecule has 0 aliphatic rings. The molecule has 17 nitrogen and oxygen atoms in total. The molecule has 0 fully saturated rings. The van der Waals surface area contributed by atoms with Gasteiger partial charge in [0.2, 0.25) is 0 Å². The van der Waals surface area contributed by atoms with Gasteiger partial charge in [-0.05, 0) is 173 Å². The number of aliphatic hydroxyl groups is 1. The predicted octanol–water partition coefficient (Wildman–Crippen LogP) is 25.7. The van der Waals surface area contributed by atoms with Crippen molar-refractivity contribution in [2.75, 3.05) is 39.6 Å². The van der Waals surface area contributed by atoms with Gasteiger partial charge in [0.15, 0.2) is 12.2 Å². The SMILES string of the molecule is CC/C=C\C/C=C\C/C=C\C/C=C\C/C=C\CCCCCC(=O)OCC(COP(=O)(O)OCC(O)COP(=O)(O)OCC(COC(=O)CCCCCCCC/C=C\C/C=C\C/C=C\CCCCC)OC(=O)C/C=C\C/C=C\C/C=C\C/C=C\C/C=C\CC)OC(=O)CCCCCCCC/C=C\C/C=C\C/C=C\CCCCC. The van der Waals surface area contributed by atoms with Crippen LogP contribution in [-0.4, -0.2) is 96.7 Å². The fraction of sp³-hybridized carbons (Fsp3) is 0.613. The molecule has 0 amide bonds. The average Bonchev–Trinajstić information content (AvgIpc) is 0.898.